The molecule has 31 heavy (non-hydrogen) atoms. The van der Waals surface area contributed by atoms with Gasteiger partial charge in [-0.3, -0.25) is 9.59 Å². The second-order valence-corrected chi connectivity index (χ2v) is 8.68. The molecule has 1 amide bonds. The molecule has 2 heterocycles. The van der Waals surface area contributed by atoms with Crippen molar-refractivity contribution in [3.05, 3.63) is 74.0 Å². The van der Waals surface area contributed by atoms with Crippen LogP contribution in [0.3, 0.4) is 0 Å². The Morgan fingerprint density at radius 3 is 2.71 bits per heavy atom. The van der Waals surface area contributed by atoms with E-state index >= 15 is 0 Å². The minimum absolute atomic E-state index is 0.109. The summed E-state index contributed by atoms with van der Waals surface area (Å²) in [5.41, 5.74) is 1.38. The Balaban J connectivity index is 1.83. The van der Waals surface area contributed by atoms with Crippen LogP contribution in [-0.4, -0.2) is 37.2 Å². The summed E-state index contributed by atoms with van der Waals surface area (Å²) < 4.78 is 17.8. The van der Waals surface area contributed by atoms with Crippen LogP contribution in [0.15, 0.2) is 56.1 Å². The maximum absolute atomic E-state index is 13.5. The Morgan fingerprint density at radius 1 is 1.16 bits per heavy atom. The molecule has 1 aliphatic heterocycles. The molecule has 0 fully saturated rings. The third kappa shape index (κ3) is 4.12. The van der Waals surface area contributed by atoms with Crippen LogP contribution in [0.5, 0.6) is 5.75 Å². The van der Waals surface area contributed by atoms with Crippen LogP contribution in [0.4, 0.5) is 0 Å². The summed E-state index contributed by atoms with van der Waals surface area (Å²) in [6, 6.07) is 12.1. The van der Waals surface area contributed by atoms with E-state index in [2.05, 4.69) is 15.9 Å². The fraction of sp³-hybridized carbons (Fsp3) is 0.333. The monoisotopic (exact) mass is 485 g/mol. The number of fused-ring (bicyclic) bond motifs is 2. The molecule has 1 aliphatic rings. The summed E-state index contributed by atoms with van der Waals surface area (Å²) in [4.78, 5) is 28.5. The number of hydrogen-bond acceptors (Lipinski definition) is 5. The van der Waals surface area contributed by atoms with Crippen molar-refractivity contribution in [3.8, 4) is 5.75 Å². The first-order chi connectivity index (χ1) is 14.9. The molecule has 1 aromatic heterocycles. The van der Waals surface area contributed by atoms with Gasteiger partial charge in [0.2, 0.25) is 5.76 Å². The number of rotatable bonds is 7. The molecular weight excluding hydrogens is 462 g/mol. The smallest absolute Gasteiger partial charge is 0.290 e. The molecule has 0 saturated heterocycles. The zero-order chi connectivity index (χ0) is 22.1. The van der Waals surface area contributed by atoms with Gasteiger partial charge in [0, 0.05) is 17.6 Å². The van der Waals surface area contributed by atoms with Gasteiger partial charge in [-0.15, -0.1) is 0 Å². The summed E-state index contributed by atoms with van der Waals surface area (Å²) >= 11 is 3.42. The molecule has 0 aliphatic carbocycles. The maximum atomic E-state index is 13.5. The van der Waals surface area contributed by atoms with E-state index in [0.717, 1.165) is 10.0 Å². The van der Waals surface area contributed by atoms with Crippen LogP contribution in [-0.2, 0) is 4.74 Å². The predicted octanol–water partition coefficient (Wildman–Crippen LogP) is 4.92. The summed E-state index contributed by atoms with van der Waals surface area (Å²) in [7, 11) is 1.59. The molecule has 0 radical (unpaired) electrons. The van der Waals surface area contributed by atoms with Crippen molar-refractivity contribution in [2.45, 2.75) is 32.4 Å². The number of ether oxygens (including phenoxy) is 2. The summed E-state index contributed by atoms with van der Waals surface area (Å²) in [6.07, 6.45) is 0.769. The Kier molecular flexibility index (Phi) is 6.16. The largest absolute Gasteiger partial charge is 0.497 e. The minimum Gasteiger partial charge on any atom is -0.497 e. The van der Waals surface area contributed by atoms with Crippen molar-refractivity contribution in [1.82, 2.24) is 4.90 Å². The molecule has 0 bridgehead atoms. The average Bonchev–Trinajstić information content (AvgIpc) is 3.04. The van der Waals surface area contributed by atoms with E-state index < -0.39 is 6.04 Å². The van der Waals surface area contributed by atoms with Crippen LogP contribution in [0.1, 0.15) is 48.0 Å². The lowest BCUT2D eigenvalue weighted by atomic mass is 9.98. The van der Waals surface area contributed by atoms with Crippen molar-refractivity contribution in [3.63, 3.8) is 0 Å². The van der Waals surface area contributed by atoms with Gasteiger partial charge in [0.25, 0.3) is 5.91 Å². The Bertz CT molecular complexity index is 1190. The molecular formula is C24H24BrNO5. The molecule has 7 heteroatoms. The molecule has 1 unspecified atom stereocenters. The van der Waals surface area contributed by atoms with E-state index in [0.29, 0.717) is 41.9 Å². The van der Waals surface area contributed by atoms with Gasteiger partial charge in [0.15, 0.2) is 5.43 Å². The van der Waals surface area contributed by atoms with Gasteiger partial charge in [0.1, 0.15) is 11.3 Å². The quantitative estimate of drug-likeness (QED) is 0.444. The van der Waals surface area contributed by atoms with Crippen molar-refractivity contribution in [2.75, 3.05) is 20.3 Å². The topological polar surface area (TPSA) is 69.0 Å². The first kappa shape index (κ1) is 21.6. The lowest BCUT2D eigenvalue weighted by Gasteiger charge is -2.25. The number of hydrogen-bond donors (Lipinski definition) is 0. The number of carbonyl (C=O) groups excluding carboxylic acids is 1. The molecule has 0 spiro atoms. The zero-order valence-corrected chi connectivity index (χ0v) is 19.3. The third-order valence-electron chi connectivity index (χ3n) is 5.33. The van der Waals surface area contributed by atoms with Gasteiger partial charge >= 0.3 is 0 Å². The van der Waals surface area contributed by atoms with Crippen molar-refractivity contribution in [2.24, 2.45) is 0 Å². The Hall–Kier alpha value is -2.64. The van der Waals surface area contributed by atoms with Gasteiger partial charge in [-0.1, -0.05) is 28.1 Å². The fourth-order valence-electron chi connectivity index (χ4n) is 3.94. The molecule has 4 rings (SSSR count). The minimum atomic E-state index is -0.545. The van der Waals surface area contributed by atoms with Gasteiger partial charge < -0.3 is 18.8 Å². The highest BCUT2D eigenvalue weighted by Gasteiger charge is 2.42. The Labute approximate surface area is 188 Å². The van der Waals surface area contributed by atoms with Crippen molar-refractivity contribution >= 4 is 32.8 Å². The zero-order valence-electron chi connectivity index (χ0n) is 17.7. The number of carbonyl (C=O) groups is 1. The molecule has 3 aromatic rings. The summed E-state index contributed by atoms with van der Waals surface area (Å²) in [5, 5.41) is 0.443. The van der Waals surface area contributed by atoms with E-state index in [4.69, 9.17) is 13.9 Å². The van der Waals surface area contributed by atoms with Crippen LogP contribution >= 0.6 is 15.9 Å². The number of halogens is 1. The van der Waals surface area contributed by atoms with Gasteiger partial charge in [-0.2, -0.15) is 0 Å². The van der Waals surface area contributed by atoms with E-state index in [1.807, 2.05) is 38.1 Å². The van der Waals surface area contributed by atoms with Crippen LogP contribution < -0.4 is 10.2 Å². The number of benzene rings is 2. The van der Waals surface area contributed by atoms with Crippen molar-refractivity contribution < 1.29 is 18.7 Å². The highest BCUT2D eigenvalue weighted by atomic mass is 79.9. The first-order valence-electron chi connectivity index (χ1n) is 10.2. The van der Waals surface area contributed by atoms with E-state index in [1.165, 1.54) is 0 Å². The first-order valence-corrected chi connectivity index (χ1v) is 11.0. The highest BCUT2D eigenvalue weighted by molar-refractivity contribution is 9.10. The normalized spacial score (nSPS) is 15.7. The van der Waals surface area contributed by atoms with E-state index in [1.54, 1.807) is 30.2 Å². The van der Waals surface area contributed by atoms with E-state index in [-0.39, 0.29) is 23.2 Å². The molecule has 6 nitrogen and oxygen atoms in total. The van der Waals surface area contributed by atoms with E-state index in [9.17, 15) is 9.59 Å². The second-order valence-electron chi connectivity index (χ2n) is 7.77. The van der Waals surface area contributed by atoms with Crippen molar-refractivity contribution in [1.29, 1.82) is 0 Å². The lowest BCUT2D eigenvalue weighted by Crippen LogP contribution is -2.31. The van der Waals surface area contributed by atoms with Crippen LogP contribution in [0.2, 0.25) is 0 Å². The van der Waals surface area contributed by atoms with Crippen LogP contribution in [0, 0.1) is 0 Å². The third-order valence-corrected chi connectivity index (χ3v) is 5.83. The predicted molar refractivity (Wildman–Crippen MR) is 122 cm³/mol. The highest BCUT2D eigenvalue weighted by Crippen LogP contribution is 2.39. The number of methoxy groups -OCH3 is 1. The summed E-state index contributed by atoms with van der Waals surface area (Å²) in [6.45, 7) is 4.92. The average molecular weight is 486 g/mol. The molecule has 162 valence electrons. The van der Waals surface area contributed by atoms with Crippen LogP contribution in [0.25, 0.3) is 11.0 Å². The molecule has 2 aromatic carbocycles. The van der Waals surface area contributed by atoms with Gasteiger partial charge in [-0.05, 0) is 56.2 Å². The van der Waals surface area contributed by atoms with Gasteiger partial charge in [-0.25, -0.2) is 0 Å². The SMILES string of the molecule is COc1cccc(C2c3c(oc4ccc(Br)cc4c3=O)C(=O)N2CCCOC(C)C)c1. The second kappa shape index (κ2) is 8.85. The lowest BCUT2D eigenvalue weighted by molar-refractivity contribution is 0.0593. The molecule has 1 atom stereocenters. The Morgan fingerprint density at radius 2 is 1.97 bits per heavy atom. The number of amides is 1. The molecule has 0 N–H and O–H groups in total. The fourth-order valence-corrected chi connectivity index (χ4v) is 4.30. The summed E-state index contributed by atoms with van der Waals surface area (Å²) in [5.74, 6) is 0.487. The maximum Gasteiger partial charge on any atom is 0.290 e. The van der Waals surface area contributed by atoms with Gasteiger partial charge in [0.05, 0.1) is 30.2 Å². The standard InChI is InChI=1S/C24H24BrNO5/c1-14(2)30-11-5-10-26-21(15-6-4-7-17(12-15)29-3)20-22(27)18-13-16(25)8-9-19(18)31-23(20)24(26)28/h4,6-9,12-14,21H,5,10-11H2,1-3H3. The number of nitrogens with zero attached hydrogens (tertiary/aromatic N) is 1. The molecule has 0 saturated carbocycles.